The van der Waals surface area contributed by atoms with Crippen molar-refractivity contribution in [2.45, 2.75) is 31.0 Å². The maximum absolute atomic E-state index is 11.9. The predicted octanol–water partition coefficient (Wildman–Crippen LogP) is -0.936. The first-order chi connectivity index (χ1) is 15.8. The first-order valence-electron chi connectivity index (χ1n) is 9.03. The van der Waals surface area contributed by atoms with Crippen molar-refractivity contribution in [3.63, 3.8) is 0 Å². The lowest BCUT2D eigenvalue weighted by molar-refractivity contribution is -0.0947. The molecule has 2 unspecified atom stereocenters. The van der Waals surface area contributed by atoms with Crippen molar-refractivity contribution in [1.29, 1.82) is 0 Å². The van der Waals surface area contributed by atoms with Crippen LogP contribution in [0.15, 0.2) is 12.5 Å². The number of phosphoric acid groups is 3. The van der Waals surface area contributed by atoms with Gasteiger partial charge < -0.3 is 49.9 Å². The number of aromatic nitrogens is 3. The van der Waals surface area contributed by atoms with E-state index in [0.29, 0.717) is 0 Å². The molecule has 19 nitrogen and oxygen atoms in total. The summed E-state index contributed by atoms with van der Waals surface area (Å²) in [4.78, 5) is 55.1. The van der Waals surface area contributed by atoms with Gasteiger partial charge >= 0.3 is 29.4 Å². The molecule has 0 saturated carbocycles. The number of hydrogen-bond donors (Lipinski definition) is 8. The van der Waals surface area contributed by atoms with Crippen LogP contribution < -0.4 is 5.73 Å². The van der Waals surface area contributed by atoms with Crippen molar-refractivity contribution in [3.05, 3.63) is 18.1 Å². The Morgan fingerprint density at radius 3 is 2.40 bits per heavy atom. The standard InChI is InChI=1S/C13H19N4O15P3/c1-13(21)8(18)6(3-29-34(25,26)32-35(27,28)31-33(22,23)24)30-12(13)17-2-5(11(19)20)7-9(14)15-4-16-10(7)17/h2,4,6,8,12,18,21H,3H2,1H3,(H,19,20)(H,25,26)(H,27,28)(H2,14,15,16)(H2,22,23,24)/t6-,8-,12-,13-/m1/s1. The number of hydrogen-bond acceptors (Lipinski definition) is 13. The largest absolute Gasteiger partial charge is 0.490 e. The second kappa shape index (κ2) is 9.24. The lowest BCUT2D eigenvalue weighted by Gasteiger charge is -2.27. The maximum atomic E-state index is 11.9. The molecule has 0 aliphatic carbocycles. The first-order valence-corrected chi connectivity index (χ1v) is 13.6. The number of carboxylic acids is 1. The number of aromatic carboxylic acids is 1. The van der Waals surface area contributed by atoms with Crippen LogP contribution in [-0.4, -0.2) is 79.8 Å². The van der Waals surface area contributed by atoms with Crippen molar-refractivity contribution in [3.8, 4) is 0 Å². The fourth-order valence-electron chi connectivity index (χ4n) is 3.30. The summed E-state index contributed by atoms with van der Waals surface area (Å²) in [5, 5.41) is 30.7. The zero-order valence-corrected chi connectivity index (χ0v) is 19.9. The molecule has 35 heavy (non-hydrogen) atoms. The van der Waals surface area contributed by atoms with Crippen LogP contribution in [0.25, 0.3) is 11.0 Å². The number of fused-ring (bicyclic) bond motifs is 1. The minimum atomic E-state index is -5.78. The SMILES string of the molecule is C[C@@]1(O)[C@H](O)[C@@H](COP(=O)(O)OP(=O)(O)OP(=O)(O)O)O[C@H]1n1cc(C(=O)O)c2c(N)ncnc21. The summed E-state index contributed by atoms with van der Waals surface area (Å²) in [5.74, 6) is -1.62. The Balaban J connectivity index is 1.84. The molecule has 2 aromatic rings. The zero-order valence-electron chi connectivity index (χ0n) is 17.3. The van der Waals surface area contributed by atoms with Gasteiger partial charge in [-0.25, -0.2) is 28.5 Å². The summed E-state index contributed by atoms with van der Waals surface area (Å²) in [6.07, 6.45) is -3.02. The molecule has 1 aliphatic rings. The van der Waals surface area contributed by atoms with Gasteiger partial charge in [0.1, 0.15) is 35.6 Å². The van der Waals surface area contributed by atoms with Crippen molar-refractivity contribution in [1.82, 2.24) is 14.5 Å². The molecular weight excluding hydrogens is 545 g/mol. The molecule has 1 fully saturated rings. The van der Waals surface area contributed by atoms with Gasteiger partial charge in [-0.3, -0.25) is 4.52 Å². The fourth-order valence-corrected chi connectivity index (χ4v) is 6.33. The smallest absolute Gasteiger partial charge is 0.478 e. The minimum Gasteiger partial charge on any atom is -0.478 e. The molecule has 9 N–H and O–H groups in total. The Bertz CT molecular complexity index is 1290. The number of carboxylic acid groups (broad SMARTS) is 1. The quantitative estimate of drug-likeness (QED) is 0.170. The van der Waals surface area contributed by atoms with Crippen molar-refractivity contribution in [2.75, 3.05) is 12.3 Å². The lowest BCUT2D eigenvalue weighted by atomic mass is 9.96. The van der Waals surface area contributed by atoms with Crippen LogP contribution in [0, 0.1) is 0 Å². The van der Waals surface area contributed by atoms with E-state index in [9.17, 15) is 43.6 Å². The molecular formula is C13H19N4O15P3. The van der Waals surface area contributed by atoms with Crippen LogP contribution in [0.3, 0.4) is 0 Å². The van der Waals surface area contributed by atoms with Crippen LogP contribution in [0.1, 0.15) is 23.5 Å². The Hall–Kier alpha value is -1.82. The molecule has 196 valence electrons. The van der Waals surface area contributed by atoms with Gasteiger partial charge in [-0.05, 0) is 6.92 Å². The van der Waals surface area contributed by atoms with E-state index in [-0.39, 0.29) is 22.4 Å². The van der Waals surface area contributed by atoms with E-state index >= 15 is 0 Å². The highest BCUT2D eigenvalue weighted by atomic mass is 31.3. The van der Waals surface area contributed by atoms with Gasteiger partial charge in [0.2, 0.25) is 0 Å². The molecule has 2 aromatic heterocycles. The molecule has 22 heteroatoms. The summed E-state index contributed by atoms with van der Waals surface area (Å²) in [5.41, 5.74) is 3.09. The number of carbonyl (C=O) groups is 1. The molecule has 3 rings (SSSR count). The van der Waals surface area contributed by atoms with Gasteiger partial charge in [-0.2, -0.15) is 8.62 Å². The maximum Gasteiger partial charge on any atom is 0.490 e. The second-order valence-electron chi connectivity index (χ2n) is 7.30. The van der Waals surface area contributed by atoms with E-state index in [2.05, 4.69) is 23.1 Å². The Labute approximate surface area is 194 Å². The van der Waals surface area contributed by atoms with E-state index in [0.717, 1.165) is 24.0 Å². The summed E-state index contributed by atoms with van der Waals surface area (Å²) < 4.78 is 52.1. The number of phosphoric ester groups is 1. The van der Waals surface area contributed by atoms with E-state index < -0.39 is 60.1 Å². The van der Waals surface area contributed by atoms with Gasteiger partial charge in [0.15, 0.2) is 6.23 Å². The van der Waals surface area contributed by atoms with E-state index in [4.69, 9.17) is 20.3 Å². The number of nitrogens with two attached hydrogens (primary N) is 1. The van der Waals surface area contributed by atoms with Gasteiger partial charge in [-0.1, -0.05) is 0 Å². The fraction of sp³-hybridized carbons (Fsp3) is 0.462. The summed E-state index contributed by atoms with van der Waals surface area (Å²) in [6.45, 7) is 0.0175. The number of aliphatic hydroxyl groups is 2. The Morgan fingerprint density at radius 2 is 1.83 bits per heavy atom. The number of ether oxygens (including phenoxy) is 1. The highest BCUT2D eigenvalue weighted by Gasteiger charge is 2.54. The van der Waals surface area contributed by atoms with Crippen LogP contribution in [0.4, 0.5) is 5.82 Å². The number of anilines is 1. The number of nitrogen functional groups attached to an aromatic ring is 1. The lowest BCUT2D eigenvalue weighted by Crippen LogP contribution is -2.44. The molecule has 3 heterocycles. The molecule has 0 spiro atoms. The Morgan fingerprint density at radius 1 is 1.20 bits per heavy atom. The number of nitrogens with zero attached hydrogens (tertiary/aromatic N) is 3. The van der Waals surface area contributed by atoms with Crippen molar-refractivity contribution in [2.24, 2.45) is 0 Å². The predicted molar refractivity (Wildman–Crippen MR) is 109 cm³/mol. The van der Waals surface area contributed by atoms with Gasteiger partial charge in [-0.15, -0.1) is 0 Å². The highest BCUT2D eigenvalue weighted by molar-refractivity contribution is 7.66. The molecule has 0 amide bonds. The van der Waals surface area contributed by atoms with Crippen molar-refractivity contribution >= 4 is 46.3 Å². The van der Waals surface area contributed by atoms with E-state index in [1.165, 1.54) is 0 Å². The minimum absolute atomic E-state index is 0.0920. The van der Waals surface area contributed by atoms with Crippen molar-refractivity contribution < 1.29 is 71.3 Å². The molecule has 1 aliphatic heterocycles. The van der Waals surface area contributed by atoms with E-state index in [1.807, 2.05) is 0 Å². The molecule has 1 saturated heterocycles. The van der Waals surface area contributed by atoms with Crippen LogP contribution >= 0.6 is 23.5 Å². The highest BCUT2D eigenvalue weighted by Crippen LogP contribution is 2.66. The van der Waals surface area contributed by atoms with Crippen LogP contribution in [0.2, 0.25) is 0 Å². The topological polar surface area (TPSA) is 304 Å². The third-order valence-corrected chi connectivity index (χ3v) is 8.50. The first kappa shape index (κ1) is 27.8. The number of rotatable bonds is 9. The second-order valence-corrected chi connectivity index (χ2v) is 11.7. The summed E-state index contributed by atoms with van der Waals surface area (Å²) in [6, 6.07) is 0. The van der Waals surface area contributed by atoms with E-state index in [1.54, 1.807) is 0 Å². The third kappa shape index (κ3) is 5.95. The monoisotopic (exact) mass is 564 g/mol. The van der Waals surface area contributed by atoms with Gasteiger partial charge in [0.05, 0.1) is 17.6 Å². The normalized spacial score (nSPS) is 28.6. The number of aliphatic hydroxyl groups excluding tert-OH is 1. The molecule has 0 aromatic carbocycles. The average molecular weight is 564 g/mol. The van der Waals surface area contributed by atoms with Gasteiger partial charge in [0, 0.05) is 6.20 Å². The van der Waals surface area contributed by atoms with Crippen LogP contribution in [-0.2, 0) is 31.6 Å². The molecule has 0 radical (unpaired) electrons. The zero-order chi connectivity index (χ0) is 26.6. The average Bonchev–Trinajstić information content (AvgIpc) is 3.14. The summed E-state index contributed by atoms with van der Waals surface area (Å²) in [7, 11) is -16.9. The third-order valence-electron chi connectivity index (χ3n) is 4.69. The molecule has 0 bridgehead atoms. The summed E-state index contributed by atoms with van der Waals surface area (Å²) >= 11 is 0. The van der Waals surface area contributed by atoms with Gasteiger partial charge in [0.25, 0.3) is 0 Å². The van der Waals surface area contributed by atoms with Crippen LogP contribution in [0.5, 0.6) is 0 Å². The Kier molecular flexibility index (Phi) is 7.33. The molecule has 6 atom stereocenters.